The molecule has 1 aliphatic heterocycles. The summed E-state index contributed by atoms with van der Waals surface area (Å²) < 4.78 is 15.7. The predicted octanol–water partition coefficient (Wildman–Crippen LogP) is 0.446. The number of carbonyl (C=O) groups is 1. The fourth-order valence-electron chi connectivity index (χ4n) is 2.84. The molecule has 25 heavy (non-hydrogen) atoms. The van der Waals surface area contributed by atoms with Gasteiger partial charge >= 0.3 is 5.97 Å². The highest BCUT2D eigenvalue weighted by atomic mass is 16.7. The van der Waals surface area contributed by atoms with Crippen molar-refractivity contribution in [1.29, 1.82) is 5.26 Å². The van der Waals surface area contributed by atoms with Gasteiger partial charge in [-0.1, -0.05) is 6.07 Å². The average molecular weight is 350 g/mol. The molecule has 0 unspecified atom stereocenters. The number of esters is 1. The highest BCUT2D eigenvalue weighted by Crippen LogP contribution is 2.38. The molecule has 2 N–H and O–H groups in total. The van der Waals surface area contributed by atoms with Crippen molar-refractivity contribution in [3.05, 3.63) is 23.8 Å². The maximum atomic E-state index is 12.3. The van der Waals surface area contributed by atoms with E-state index < -0.39 is 17.9 Å². The first kappa shape index (κ1) is 19.0. The summed E-state index contributed by atoms with van der Waals surface area (Å²) in [6.45, 7) is 1.96. The van der Waals surface area contributed by atoms with E-state index >= 15 is 0 Å². The van der Waals surface area contributed by atoms with Crippen molar-refractivity contribution in [2.75, 3.05) is 39.7 Å². The first-order chi connectivity index (χ1) is 12.2. The molecule has 2 rings (SSSR count). The maximum absolute atomic E-state index is 12.3. The number of benzene rings is 1. The fourth-order valence-corrected chi connectivity index (χ4v) is 2.84. The van der Waals surface area contributed by atoms with E-state index in [0.29, 0.717) is 17.1 Å². The monoisotopic (exact) mass is 350 g/mol. The molecule has 0 saturated carbocycles. The zero-order chi connectivity index (χ0) is 18.2. The van der Waals surface area contributed by atoms with Crippen LogP contribution in [0.4, 0.5) is 0 Å². The number of nitrogens with zero attached hydrogens (tertiary/aromatic N) is 2. The third kappa shape index (κ3) is 4.39. The number of carbonyl (C=O) groups excluding carboxylic acids is 1. The van der Waals surface area contributed by atoms with Gasteiger partial charge in [0.1, 0.15) is 0 Å². The van der Waals surface area contributed by atoms with E-state index in [0.717, 1.165) is 0 Å². The second-order valence-corrected chi connectivity index (χ2v) is 5.40. The molecule has 0 radical (unpaired) electrons. The van der Waals surface area contributed by atoms with Crippen LogP contribution in [0, 0.1) is 17.2 Å². The third-order valence-electron chi connectivity index (χ3n) is 3.90. The van der Waals surface area contributed by atoms with E-state index in [1.54, 1.807) is 30.0 Å². The molecule has 0 spiro atoms. The number of hydrogen-bond acceptors (Lipinski definition) is 8. The van der Waals surface area contributed by atoms with Crippen LogP contribution < -0.4 is 9.47 Å². The molecule has 1 aliphatic rings. The molecule has 8 nitrogen and oxygen atoms in total. The lowest BCUT2D eigenvalue weighted by atomic mass is 9.92. The maximum Gasteiger partial charge on any atom is 0.325 e. The molecule has 136 valence electrons. The summed E-state index contributed by atoms with van der Waals surface area (Å²) in [7, 11) is 0. The molecule has 0 amide bonds. The zero-order valence-electron chi connectivity index (χ0n) is 14.1. The van der Waals surface area contributed by atoms with Crippen molar-refractivity contribution >= 4 is 5.97 Å². The first-order valence-corrected chi connectivity index (χ1v) is 8.07. The summed E-state index contributed by atoms with van der Waals surface area (Å²) in [6, 6.07) is 6.46. The normalized spacial score (nSPS) is 14.8. The summed E-state index contributed by atoms with van der Waals surface area (Å²) in [6.07, 6.45) is 0. The van der Waals surface area contributed by atoms with Crippen molar-refractivity contribution in [2.24, 2.45) is 5.92 Å². The van der Waals surface area contributed by atoms with Crippen molar-refractivity contribution in [1.82, 2.24) is 4.90 Å². The van der Waals surface area contributed by atoms with Crippen LogP contribution in [0.3, 0.4) is 0 Å². The lowest BCUT2D eigenvalue weighted by Crippen LogP contribution is -2.40. The second-order valence-electron chi connectivity index (χ2n) is 5.40. The smallest absolute Gasteiger partial charge is 0.325 e. The molecular weight excluding hydrogens is 328 g/mol. The van der Waals surface area contributed by atoms with Crippen molar-refractivity contribution < 1.29 is 29.2 Å². The topological polar surface area (TPSA) is 112 Å². The van der Waals surface area contributed by atoms with Gasteiger partial charge in [0, 0.05) is 13.1 Å². The summed E-state index contributed by atoms with van der Waals surface area (Å²) in [5, 5.41) is 28.3. The van der Waals surface area contributed by atoms with E-state index in [1.807, 2.05) is 6.07 Å². The van der Waals surface area contributed by atoms with Crippen LogP contribution in [0.1, 0.15) is 18.5 Å². The number of fused-ring (bicyclic) bond motifs is 1. The van der Waals surface area contributed by atoms with Gasteiger partial charge in [0.05, 0.1) is 31.9 Å². The Hall–Kier alpha value is -2.34. The molecule has 1 aromatic rings. The minimum atomic E-state index is -1.11. The van der Waals surface area contributed by atoms with E-state index in [-0.39, 0.29) is 39.7 Å². The first-order valence-electron chi connectivity index (χ1n) is 8.07. The fraction of sp³-hybridized carbons (Fsp3) is 0.529. The van der Waals surface area contributed by atoms with Crippen LogP contribution in [0.5, 0.6) is 11.5 Å². The van der Waals surface area contributed by atoms with Crippen LogP contribution in [0.15, 0.2) is 18.2 Å². The highest BCUT2D eigenvalue weighted by molar-refractivity contribution is 5.76. The van der Waals surface area contributed by atoms with Gasteiger partial charge < -0.3 is 24.4 Å². The Morgan fingerprint density at radius 2 is 2.00 bits per heavy atom. The number of nitriles is 1. The Labute approximate surface area is 146 Å². The van der Waals surface area contributed by atoms with Crippen LogP contribution in [0.2, 0.25) is 0 Å². The molecule has 0 aliphatic carbocycles. The van der Waals surface area contributed by atoms with E-state index in [2.05, 4.69) is 0 Å². The Bertz CT molecular complexity index is 624. The Kier molecular flexibility index (Phi) is 7.01. The summed E-state index contributed by atoms with van der Waals surface area (Å²) in [5.74, 6) is -0.647. The molecular formula is C17H22N2O6. The van der Waals surface area contributed by atoms with Crippen molar-refractivity contribution in [3.8, 4) is 17.6 Å². The molecule has 8 heteroatoms. The number of aliphatic hydroxyl groups is 2. The quantitative estimate of drug-likeness (QED) is 0.617. The van der Waals surface area contributed by atoms with Crippen molar-refractivity contribution in [3.63, 3.8) is 0 Å². The Balaban J connectivity index is 2.43. The molecule has 0 bridgehead atoms. The zero-order valence-corrected chi connectivity index (χ0v) is 14.1. The largest absolute Gasteiger partial charge is 0.465 e. The van der Waals surface area contributed by atoms with Gasteiger partial charge in [-0.2, -0.15) is 5.26 Å². The third-order valence-corrected chi connectivity index (χ3v) is 3.90. The van der Waals surface area contributed by atoms with Crippen LogP contribution in [0.25, 0.3) is 0 Å². The van der Waals surface area contributed by atoms with E-state index in [1.165, 1.54) is 0 Å². The van der Waals surface area contributed by atoms with Gasteiger partial charge in [-0.05, 0) is 24.6 Å². The standard InChI is InChI=1S/C17H22N2O6/c1-2-23-17(22)13(10-18)16(19(5-7-20)6-8-21)12-3-4-14-15(9-12)25-11-24-14/h3-4,9,13,16,20-21H,2,5-8,11H2,1H3/t13-,16-/m0/s1. The van der Waals surface area contributed by atoms with Gasteiger partial charge in [0.25, 0.3) is 0 Å². The van der Waals surface area contributed by atoms with Crippen LogP contribution in [-0.4, -0.2) is 60.8 Å². The van der Waals surface area contributed by atoms with Crippen molar-refractivity contribution in [2.45, 2.75) is 13.0 Å². The number of hydrogen-bond donors (Lipinski definition) is 2. The van der Waals surface area contributed by atoms with Crippen LogP contribution >= 0.6 is 0 Å². The number of aliphatic hydroxyl groups excluding tert-OH is 2. The Morgan fingerprint density at radius 3 is 2.60 bits per heavy atom. The lowest BCUT2D eigenvalue weighted by Gasteiger charge is -2.33. The molecule has 0 saturated heterocycles. The number of rotatable bonds is 9. The van der Waals surface area contributed by atoms with Crippen LogP contribution in [-0.2, 0) is 9.53 Å². The minimum Gasteiger partial charge on any atom is -0.465 e. The summed E-state index contributed by atoms with van der Waals surface area (Å²) in [4.78, 5) is 14.0. The number of ether oxygens (including phenoxy) is 3. The van der Waals surface area contributed by atoms with Gasteiger partial charge in [-0.15, -0.1) is 0 Å². The predicted molar refractivity (Wildman–Crippen MR) is 86.8 cm³/mol. The van der Waals surface area contributed by atoms with E-state index in [4.69, 9.17) is 14.2 Å². The molecule has 0 aromatic heterocycles. The highest BCUT2D eigenvalue weighted by Gasteiger charge is 2.36. The molecule has 1 heterocycles. The second kappa shape index (κ2) is 9.22. The molecule has 2 atom stereocenters. The molecule has 1 aromatic carbocycles. The SMILES string of the molecule is CCOC(=O)[C@@H](C#N)[C@H](c1ccc2c(c1)OCO2)N(CCO)CCO. The average Bonchev–Trinajstić information content (AvgIpc) is 3.07. The summed E-state index contributed by atoms with van der Waals surface area (Å²) in [5.41, 5.74) is 0.644. The van der Waals surface area contributed by atoms with Gasteiger partial charge in [-0.25, -0.2) is 0 Å². The van der Waals surface area contributed by atoms with E-state index in [9.17, 15) is 20.3 Å². The summed E-state index contributed by atoms with van der Waals surface area (Å²) >= 11 is 0. The van der Waals surface area contributed by atoms with Gasteiger partial charge in [0.15, 0.2) is 17.4 Å². The van der Waals surface area contributed by atoms with Gasteiger partial charge in [0.2, 0.25) is 6.79 Å². The minimum absolute atomic E-state index is 0.111. The van der Waals surface area contributed by atoms with Gasteiger partial charge in [-0.3, -0.25) is 9.69 Å². The lowest BCUT2D eigenvalue weighted by molar-refractivity contribution is -0.148. The Morgan fingerprint density at radius 1 is 1.32 bits per heavy atom. The molecule has 0 fully saturated rings.